The number of amides is 2. The molecule has 0 bridgehead atoms. The molecule has 0 radical (unpaired) electrons. The molecule has 5 nitrogen and oxygen atoms in total. The van der Waals surface area contributed by atoms with Gasteiger partial charge in [-0.05, 0) is 49.9 Å². The van der Waals surface area contributed by atoms with Gasteiger partial charge in [0.05, 0.1) is 6.61 Å². The zero-order valence-electron chi connectivity index (χ0n) is 13.4. The van der Waals surface area contributed by atoms with Gasteiger partial charge in [-0.3, -0.25) is 20.4 Å². The molecule has 0 heterocycles. The van der Waals surface area contributed by atoms with Gasteiger partial charge in [0.25, 0.3) is 0 Å². The Morgan fingerprint density at radius 2 is 2.00 bits per heavy atom. The molecule has 0 aromatic heterocycles. The maximum absolute atomic E-state index is 11.8. The quantitative estimate of drug-likeness (QED) is 0.618. The highest BCUT2D eigenvalue weighted by molar-refractivity contribution is 6.30. The normalized spacial score (nSPS) is 14.5. The van der Waals surface area contributed by atoms with Crippen molar-refractivity contribution in [2.24, 2.45) is 5.92 Å². The third-order valence-electron chi connectivity index (χ3n) is 3.99. The molecular formula is C17H23ClN2O3. The van der Waals surface area contributed by atoms with Gasteiger partial charge in [-0.25, -0.2) is 0 Å². The molecule has 1 saturated carbocycles. The van der Waals surface area contributed by atoms with Crippen molar-refractivity contribution in [3.63, 3.8) is 0 Å². The third kappa shape index (κ3) is 5.75. The zero-order valence-corrected chi connectivity index (χ0v) is 14.1. The summed E-state index contributed by atoms with van der Waals surface area (Å²) >= 11 is 5.88. The molecule has 23 heavy (non-hydrogen) atoms. The van der Waals surface area contributed by atoms with Gasteiger partial charge in [-0.2, -0.15) is 0 Å². The molecule has 2 N–H and O–H groups in total. The minimum absolute atomic E-state index is 0.0477. The first-order chi connectivity index (χ1) is 11.1. The minimum Gasteiger partial charge on any atom is -0.493 e. The Kier molecular flexibility index (Phi) is 6.71. The van der Waals surface area contributed by atoms with Gasteiger partial charge in [0.1, 0.15) is 5.75 Å². The van der Waals surface area contributed by atoms with Crippen LogP contribution in [0.5, 0.6) is 5.75 Å². The standard InChI is InChI=1S/C17H23ClN2O3/c1-12-11-14(18)8-9-15(12)23-10-4-7-16(21)19-20-17(22)13-5-2-3-6-13/h8-9,11,13H,2-7,10H2,1H3,(H,19,21)(H,20,22). The predicted octanol–water partition coefficient (Wildman–Crippen LogP) is 3.15. The van der Waals surface area contributed by atoms with Crippen LogP contribution in [0.4, 0.5) is 0 Å². The Balaban J connectivity index is 1.60. The molecule has 2 rings (SSSR count). The highest BCUT2D eigenvalue weighted by Gasteiger charge is 2.22. The lowest BCUT2D eigenvalue weighted by molar-refractivity contribution is -0.131. The average Bonchev–Trinajstić information content (AvgIpc) is 3.05. The van der Waals surface area contributed by atoms with E-state index < -0.39 is 0 Å². The minimum atomic E-state index is -0.201. The smallest absolute Gasteiger partial charge is 0.241 e. The monoisotopic (exact) mass is 338 g/mol. The number of benzene rings is 1. The van der Waals surface area contributed by atoms with Crippen LogP contribution in [0.2, 0.25) is 5.02 Å². The molecule has 126 valence electrons. The second kappa shape index (κ2) is 8.77. The van der Waals surface area contributed by atoms with Gasteiger partial charge in [0.15, 0.2) is 0 Å². The van der Waals surface area contributed by atoms with Crippen molar-refractivity contribution in [1.82, 2.24) is 10.9 Å². The van der Waals surface area contributed by atoms with Gasteiger partial charge < -0.3 is 4.74 Å². The van der Waals surface area contributed by atoms with Crippen molar-refractivity contribution >= 4 is 23.4 Å². The molecule has 2 amide bonds. The van der Waals surface area contributed by atoms with Crippen molar-refractivity contribution in [2.45, 2.75) is 45.4 Å². The van der Waals surface area contributed by atoms with Crippen LogP contribution < -0.4 is 15.6 Å². The van der Waals surface area contributed by atoms with Gasteiger partial charge in [0, 0.05) is 17.4 Å². The molecular weight excluding hydrogens is 316 g/mol. The van der Waals surface area contributed by atoms with Crippen LogP contribution in [0.1, 0.15) is 44.1 Å². The molecule has 1 aromatic rings. The van der Waals surface area contributed by atoms with E-state index in [1.807, 2.05) is 19.1 Å². The second-order valence-electron chi connectivity index (χ2n) is 5.88. The van der Waals surface area contributed by atoms with E-state index in [1.54, 1.807) is 6.07 Å². The fraction of sp³-hybridized carbons (Fsp3) is 0.529. The largest absolute Gasteiger partial charge is 0.493 e. The molecule has 1 aliphatic carbocycles. The summed E-state index contributed by atoms with van der Waals surface area (Å²) in [4.78, 5) is 23.5. The maximum Gasteiger partial charge on any atom is 0.241 e. The molecule has 6 heteroatoms. The Morgan fingerprint density at radius 3 is 2.70 bits per heavy atom. The van der Waals surface area contributed by atoms with E-state index in [9.17, 15) is 9.59 Å². The Labute approximate surface area is 141 Å². The number of carbonyl (C=O) groups is 2. The number of hydrogen-bond acceptors (Lipinski definition) is 3. The lowest BCUT2D eigenvalue weighted by Gasteiger charge is -2.12. The van der Waals surface area contributed by atoms with Gasteiger partial charge in [-0.15, -0.1) is 0 Å². The Morgan fingerprint density at radius 1 is 1.26 bits per heavy atom. The van der Waals surface area contributed by atoms with Crippen LogP contribution in [0, 0.1) is 12.8 Å². The summed E-state index contributed by atoms with van der Waals surface area (Å²) in [5, 5.41) is 0.673. The summed E-state index contributed by atoms with van der Waals surface area (Å²) in [5.41, 5.74) is 5.93. The van der Waals surface area contributed by atoms with Crippen LogP contribution in [0.25, 0.3) is 0 Å². The van der Waals surface area contributed by atoms with Crippen molar-refractivity contribution in [3.05, 3.63) is 28.8 Å². The van der Waals surface area contributed by atoms with E-state index in [-0.39, 0.29) is 17.7 Å². The number of nitrogens with one attached hydrogen (secondary N) is 2. The Bertz CT molecular complexity index is 557. The summed E-state index contributed by atoms with van der Waals surface area (Å²) in [6, 6.07) is 5.43. The lowest BCUT2D eigenvalue weighted by atomic mass is 10.1. The first-order valence-corrected chi connectivity index (χ1v) is 8.41. The van der Waals surface area contributed by atoms with Crippen LogP contribution >= 0.6 is 11.6 Å². The SMILES string of the molecule is Cc1cc(Cl)ccc1OCCCC(=O)NNC(=O)C1CCCC1. The van der Waals surface area contributed by atoms with Crippen LogP contribution in [0.3, 0.4) is 0 Å². The summed E-state index contributed by atoms with van der Waals surface area (Å²) in [6.07, 6.45) is 4.89. The van der Waals surface area contributed by atoms with Gasteiger partial charge in [0.2, 0.25) is 11.8 Å². The number of ether oxygens (including phenoxy) is 1. The van der Waals surface area contributed by atoms with Crippen molar-refractivity contribution < 1.29 is 14.3 Å². The van der Waals surface area contributed by atoms with E-state index in [0.29, 0.717) is 24.5 Å². The zero-order chi connectivity index (χ0) is 16.7. The highest BCUT2D eigenvalue weighted by Crippen LogP contribution is 2.24. The van der Waals surface area contributed by atoms with E-state index >= 15 is 0 Å². The van der Waals surface area contributed by atoms with E-state index in [1.165, 1.54) is 0 Å². The Hall–Kier alpha value is -1.75. The number of rotatable bonds is 6. The van der Waals surface area contributed by atoms with Crippen molar-refractivity contribution in [1.29, 1.82) is 0 Å². The van der Waals surface area contributed by atoms with Crippen LogP contribution in [-0.4, -0.2) is 18.4 Å². The number of hydrogen-bond donors (Lipinski definition) is 2. The summed E-state index contributed by atoms with van der Waals surface area (Å²) in [6.45, 7) is 2.36. The van der Waals surface area contributed by atoms with Crippen LogP contribution in [-0.2, 0) is 9.59 Å². The summed E-state index contributed by atoms with van der Waals surface area (Å²) in [7, 11) is 0. The molecule has 1 aromatic carbocycles. The molecule has 0 spiro atoms. The average molecular weight is 339 g/mol. The number of carbonyl (C=O) groups excluding carboxylic acids is 2. The topological polar surface area (TPSA) is 67.4 Å². The summed E-state index contributed by atoms with van der Waals surface area (Å²) in [5.74, 6) is 0.535. The molecule has 1 fully saturated rings. The molecule has 0 unspecified atom stereocenters. The molecule has 0 saturated heterocycles. The van der Waals surface area contributed by atoms with E-state index in [2.05, 4.69) is 10.9 Å². The second-order valence-corrected chi connectivity index (χ2v) is 6.32. The predicted molar refractivity (Wildman–Crippen MR) is 89.2 cm³/mol. The number of aryl methyl sites for hydroxylation is 1. The first-order valence-electron chi connectivity index (χ1n) is 8.04. The lowest BCUT2D eigenvalue weighted by Crippen LogP contribution is -2.44. The number of halogens is 1. The fourth-order valence-corrected chi connectivity index (χ4v) is 2.90. The first kappa shape index (κ1) is 17.6. The molecule has 1 aliphatic rings. The highest BCUT2D eigenvalue weighted by atomic mass is 35.5. The van der Waals surface area contributed by atoms with E-state index in [0.717, 1.165) is 37.0 Å². The van der Waals surface area contributed by atoms with E-state index in [4.69, 9.17) is 16.3 Å². The fourth-order valence-electron chi connectivity index (χ4n) is 2.67. The molecule has 0 aliphatic heterocycles. The van der Waals surface area contributed by atoms with Crippen LogP contribution in [0.15, 0.2) is 18.2 Å². The van der Waals surface area contributed by atoms with Crippen molar-refractivity contribution in [3.8, 4) is 5.75 Å². The number of hydrazine groups is 1. The van der Waals surface area contributed by atoms with Gasteiger partial charge >= 0.3 is 0 Å². The molecule has 0 atom stereocenters. The third-order valence-corrected chi connectivity index (χ3v) is 4.23. The maximum atomic E-state index is 11.8. The van der Waals surface area contributed by atoms with Gasteiger partial charge in [-0.1, -0.05) is 24.4 Å². The summed E-state index contributed by atoms with van der Waals surface area (Å²) < 4.78 is 5.62. The van der Waals surface area contributed by atoms with Crippen molar-refractivity contribution in [2.75, 3.05) is 6.61 Å².